The van der Waals surface area contributed by atoms with Gasteiger partial charge in [0.15, 0.2) is 17.3 Å². The molecule has 0 saturated heterocycles. The maximum absolute atomic E-state index is 14.0. The van der Waals surface area contributed by atoms with E-state index in [2.05, 4.69) is 21.2 Å². The van der Waals surface area contributed by atoms with Crippen LogP contribution in [0.2, 0.25) is 0 Å². The van der Waals surface area contributed by atoms with Crippen molar-refractivity contribution in [1.29, 1.82) is 0 Å². The summed E-state index contributed by atoms with van der Waals surface area (Å²) >= 11 is 3.57. The van der Waals surface area contributed by atoms with Crippen LogP contribution in [0.4, 0.5) is 0 Å². The van der Waals surface area contributed by atoms with E-state index in [1.165, 1.54) is 0 Å². The summed E-state index contributed by atoms with van der Waals surface area (Å²) in [6.07, 6.45) is 0.876. The molecular weight excluding hydrogens is 586 g/mol. The third kappa shape index (κ3) is 5.75. The van der Waals surface area contributed by atoms with Gasteiger partial charge < -0.3 is 24.3 Å². The van der Waals surface area contributed by atoms with Crippen molar-refractivity contribution >= 4 is 27.7 Å². The van der Waals surface area contributed by atoms with E-state index in [-0.39, 0.29) is 24.7 Å². The largest absolute Gasteiger partial charge is 0.496 e. The molecule has 0 bridgehead atoms. The molecule has 0 saturated carbocycles. The molecule has 1 N–H and O–H groups in total. The third-order valence-electron chi connectivity index (χ3n) is 7.64. The summed E-state index contributed by atoms with van der Waals surface area (Å²) in [5, 5.41) is 3.41. The maximum Gasteiger partial charge on any atom is 0.337 e. The lowest BCUT2D eigenvalue weighted by Gasteiger charge is -2.37. The number of Topliss-reactive ketones (excluding diaryl/α,β-unsaturated/α-hetero) is 1. The summed E-state index contributed by atoms with van der Waals surface area (Å²) in [4.78, 5) is 27.7. The summed E-state index contributed by atoms with van der Waals surface area (Å²) in [5.41, 5.74) is 4.99. The van der Waals surface area contributed by atoms with Gasteiger partial charge in [0.25, 0.3) is 0 Å². The number of ketones is 1. The van der Waals surface area contributed by atoms with Crippen LogP contribution < -0.4 is 19.5 Å². The van der Waals surface area contributed by atoms with Crippen LogP contribution in [0.1, 0.15) is 48.3 Å². The zero-order valence-electron chi connectivity index (χ0n) is 23.5. The highest BCUT2D eigenvalue weighted by atomic mass is 79.9. The van der Waals surface area contributed by atoms with Crippen molar-refractivity contribution in [3.8, 4) is 17.2 Å². The van der Waals surface area contributed by atoms with Crippen molar-refractivity contribution in [3.05, 3.63) is 110 Å². The Balaban J connectivity index is 1.56. The highest BCUT2D eigenvalue weighted by Gasteiger charge is 2.42. The Hall–Kier alpha value is -4.04. The van der Waals surface area contributed by atoms with Crippen LogP contribution in [0.3, 0.4) is 0 Å². The van der Waals surface area contributed by atoms with Crippen LogP contribution in [-0.2, 0) is 20.9 Å². The molecule has 2 aliphatic rings. The normalized spacial score (nSPS) is 18.4. The number of carbonyl (C=O) groups is 2. The third-order valence-corrected chi connectivity index (χ3v) is 8.14. The number of hydrogen-bond acceptors (Lipinski definition) is 7. The smallest absolute Gasteiger partial charge is 0.337 e. The average Bonchev–Trinajstić information content (AvgIpc) is 2.99. The minimum Gasteiger partial charge on any atom is -0.496 e. The van der Waals surface area contributed by atoms with Crippen molar-refractivity contribution in [2.24, 2.45) is 0 Å². The molecule has 0 spiro atoms. The summed E-state index contributed by atoms with van der Waals surface area (Å²) in [7, 11) is 4.78. The van der Waals surface area contributed by atoms with Crippen molar-refractivity contribution in [2.75, 3.05) is 21.3 Å². The van der Waals surface area contributed by atoms with Crippen LogP contribution in [0.15, 0.2) is 93.7 Å². The molecule has 0 radical (unpaired) electrons. The number of allylic oxidation sites excluding steroid dienone is 3. The predicted octanol–water partition coefficient (Wildman–Crippen LogP) is 6.58. The monoisotopic (exact) mass is 617 g/mol. The minimum atomic E-state index is -0.652. The lowest BCUT2D eigenvalue weighted by atomic mass is 9.71. The van der Waals surface area contributed by atoms with Crippen molar-refractivity contribution in [2.45, 2.75) is 38.2 Å². The first-order valence-electron chi connectivity index (χ1n) is 13.3. The van der Waals surface area contributed by atoms with E-state index in [9.17, 15) is 9.59 Å². The summed E-state index contributed by atoms with van der Waals surface area (Å²) < 4.78 is 23.2. The first-order chi connectivity index (χ1) is 19.8. The maximum atomic E-state index is 14.0. The van der Waals surface area contributed by atoms with Gasteiger partial charge in [-0.3, -0.25) is 4.79 Å². The second-order valence-electron chi connectivity index (χ2n) is 10.1. The molecule has 1 heterocycles. The Bertz CT molecular complexity index is 1540. The molecule has 5 rings (SSSR count). The number of ether oxygens (including phenoxy) is 4. The Morgan fingerprint density at radius 1 is 0.902 bits per heavy atom. The number of dihydropyridines is 1. The van der Waals surface area contributed by atoms with Crippen LogP contribution >= 0.6 is 15.9 Å². The number of rotatable bonds is 8. The molecule has 2 atom stereocenters. The molecule has 0 fully saturated rings. The van der Waals surface area contributed by atoms with Crippen LogP contribution in [-0.4, -0.2) is 33.1 Å². The zero-order valence-corrected chi connectivity index (χ0v) is 25.0. The first kappa shape index (κ1) is 28.5. The molecule has 1 aliphatic heterocycles. The van der Waals surface area contributed by atoms with E-state index < -0.39 is 11.9 Å². The Labute approximate surface area is 248 Å². The Morgan fingerprint density at radius 3 is 2.32 bits per heavy atom. The van der Waals surface area contributed by atoms with Crippen LogP contribution in [0, 0.1) is 0 Å². The van der Waals surface area contributed by atoms with Gasteiger partial charge in [-0.15, -0.1) is 0 Å². The number of esters is 1. The van der Waals surface area contributed by atoms with E-state index in [1.807, 2.05) is 73.7 Å². The lowest BCUT2D eigenvalue weighted by molar-refractivity contribution is -0.140. The Kier molecular flexibility index (Phi) is 8.49. The van der Waals surface area contributed by atoms with Crippen molar-refractivity contribution in [1.82, 2.24) is 5.32 Å². The fourth-order valence-electron chi connectivity index (χ4n) is 5.69. The lowest BCUT2D eigenvalue weighted by Crippen LogP contribution is -2.36. The number of carbonyl (C=O) groups excluding carboxylic acids is 2. The summed E-state index contributed by atoms with van der Waals surface area (Å²) in [6.45, 7) is 1.98. The molecule has 7 nitrogen and oxygen atoms in total. The first-order valence-corrected chi connectivity index (χ1v) is 14.1. The van der Waals surface area contributed by atoms with Crippen LogP contribution in [0.5, 0.6) is 17.2 Å². The molecule has 3 aromatic rings. The second kappa shape index (κ2) is 12.2. The quantitative estimate of drug-likeness (QED) is 0.286. The molecule has 1 aliphatic carbocycles. The van der Waals surface area contributed by atoms with Gasteiger partial charge in [0.1, 0.15) is 12.4 Å². The fourth-order valence-corrected chi connectivity index (χ4v) is 6.07. The topological polar surface area (TPSA) is 83.1 Å². The standard InChI is InChI=1S/C33H32BrNO6/c1-19-30(33(37)41-18-20-8-6-5-7-9-20)31(24-17-23(34)11-13-27(24)38-2)32-25(35-19)14-22(15-26(32)36)21-10-12-28(39-3)29(16-21)40-4/h5-13,16-17,22,31,35H,14-15,18H2,1-4H3/t22-,31-/m0/s1. The van der Waals surface area contributed by atoms with Crippen molar-refractivity contribution in [3.63, 3.8) is 0 Å². The van der Waals surface area contributed by atoms with E-state index in [0.717, 1.165) is 26.9 Å². The number of nitrogens with one attached hydrogen (secondary N) is 1. The van der Waals surface area contributed by atoms with Gasteiger partial charge in [-0.25, -0.2) is 4.79 Å². The van der Waals surface area contributed by atoms with Gasteiger partial charge in [-0.1, -0.05) is 52.3 Å². The number of benzene rings is 3. The fraction of sp³-hybridized carbons (Fsp3) is 0.273. The predicted molar refractivity (Wildman–Crippen MR) is 159 cm³/mol. The van der Waals surface area contributed by atoms with Gasteiger partial charge in [0.2, 0.25) is 0 Å². The average molecular weight is 619 g/mol. The molecule has 212 valence electrons. The highest BCUT2D eigenvalue weighted by molar-refractivity contribution is 9.10. The van der Waals surface area contributed by atoms with Gasteiger partial charge >= 0.3 is 5.97 Å². The summed E-state index contributed by atoms with van der Waals surface area (Å²) in [6, 6.07) is 20.9. The van der Waals surface area contributed by atoms with E-state index in [1.54, 1.807) is 21.3 Å². The number of hydrogen-bond donors (Lipinski definition) is 1. The van der Waals surface area contributed by atoms with E-state index in [0.29, 0.717) is 40.5 Å². The van der Waals surface area contributed by atoms with Gasteiger partial charge in [-0.2, -0.15) is 0 Å². The number of methoxy groups -OCH3 is 3. The second-order valence-corrected chi connectivity index (χ2v) is 11.0. The molecular formula is C33H32BrNO6. The van der Waals surface area contributed by atoms with Gasteiger partial charge in [0.05, 0.1) is 32.8 Å². The zero-order chi connectivity index (χ0) is 29.1. The Morgan fingerprint density at radius 2 is 1.61 bits per heavy atom. The molecule has 3 aromatic carbocycles. The SMILES string of the molecule is COc1ccc([C@@H]2CC(=O)C3=C(C2)NC(C)=C(C(=O)OCc2ccccc2)[C@@H]3c2cc(Br)ccc2OC)cc1OC. The molecule has 0 amide bonds. The molecule has 41 heavy (non-hydrogen) atoms. The molecule has 0 unspecified atom stereocenters. The van der Waals surface area contributed by atoms with Gasteiger partial charge in [0, 0.05) is 33.4 Å². The highest BCUT2D eigenvalue weighted by Crippen LogP contribution is 2.48. The molecule has 8 heteroatoms. The van der Waals surface area contributed by atoms with E-state index in [4.69, 9.17) is 18.9 Å². The summed E-state index contributed by atoms with van der Waals surface area (Å²) in [5.74, 6) is 0.596. The van der Waals surface area contributed by atoms with E-state index >= 15 is 0 Å². The van der Waals surface area contributed by atoms with Gasteiger partial charge in [-0.05, 0) is 60.7 Å². The van der Waals surface area contributed by atoms with Crippen LogP contribution in [0.25, 0.3) is 0 Å². The van der Waals surface area contributed by atoms with Crippen molar-refractivity contribution < 1.29 is 28.5 Å². The molecule has 0 aromatic heterocycles. The number of halogens is 1. The minimum absolute atomic E-state index is 0.0357.